The Morgan fingerprint density at radius 1 is 1.10 bits per heavy atom. The maximum absolute atomic E-state index is 14.4. The second-order valence-electron chi connectivity index (χ2n) is 11.9. The third kappa shape index (κ3) is 5.82. The smallest absolute Gasteiger partial charge is 0.437 e. The van der Waals surface area contributed by atoms with Gasteiger partial charge >= 0.3 is 18.2 Å². The van der Waals surface area contributed by atoms with Gasteiger partial charge in [0.2, 0.25) is 0 Å². The molecule has 2 aliphatic heterocycles. The van der Waals surface area contributed by atoms with Gasteiger partial charge in [-0.25, -0.2) is 14.6 Å². The molecule has 3 heterocycles. The maximum atomic E-state index is 14.4. The molecule has 8 nitrogen and oxygen atoms in total. The van der Waals surface area contributed by atoms with Crippen molar-refractivity contribution < 1.29 is 41.7 Å². The lowest BCUT2D eigenvalue weighted by atomic mass is 9.80. The number of aromatic nitrogens is 1. The number of ether oxygens (including phenoxy) is 4. The van der Waals surface area contributed by atoms with Crippen molar-refractivity contribution in [2.75, 3.05) is 13.7 Å². The molecular formula is C31H33F3N2O6. The van der Waals surface area contributed by atoms with Crippen LogP contribution in [-0.4, -0.2) is 52.8 Å². The van der Waals surface area contributed by atoms with E-state index in [0.29, 0.717) is 16.7 Å². The van der Waals surface area contributed by atoms with E-state index in [4.69, 9.17) is 18.9 Å². The third-order valence-electron chi connectivity index (χ3n) is 7.46. The summed E-state index contributed by atoms with van der Waals surface area (Å²) in [6.07, 6.45) is -5.40. The lowest BCUT2D eigenvalue weighted by Crippen LogP contribution is -2.46. The molecule has 2 unspecified atom stereocenters. The second-order valence-corrected chi connectivity index (χ2v) is 11.9. The Kier molecular flexibility index (Phi) is 7.49. The number of hydrogen-bond acceptors (Lipinski definition) is 7. The molecule has 224 valence electrons. The zero-order valence-electron chi connectivity index (χ0n) is 24.1. The van der Waals surface area contributed by atoms with Gasteiger partial charge < -0.3 is 18.9 Å². The highest BCUT2D eigenvalue weighted by Crippen LogP contribution is 2.52. The first-order valence-electron chi connectivity index (χ1n) is 13.7. The number of benzene rings is 2. The van der Waals surface area contributed by atoms with E-state index in [2.05, 4.69) is 4.98 Å². The van der Waals surface area contributed by atoms with Crippen molar-refractivity contribution in [2.45, 2.75) is 76.5 Å². The summed E-state index contributed by atoms with van der Waals surface area (Å²) < 4.78 is 65.9. The minimum atomic E-state index is -4.82. The normalized spacial score (nSPS) is 22.0. The fourth-order valence-electron chi connectivity index (χ4n) is 5.81. The molecule has 1 amide bonds. The molecule has 1 spiro atoms. The van der Waals surface area contributed by atoms with Gasteiger partial charge in [0.05, 0.1) is 19.2 Å². The molecule has 5 rings (SSSR count). The number of amides is 1. The molecular weight excluding hydrogens is 553 g/mol. The highest BCUT2D eigenvalue weighted by molar-refractivity contribution is 5.88. The number of pyridine rings is 1. The molecule has 3 aromatic rings. The summed E-state index contributed by atoms with van der Waals surface area (Å²) in [6.45, 7) is 6.99. The molecule has 42 heavy (non-hydrogen) atoms. The Morgan fingerprint density at radius 2 is 1.81 bits per heavy atom. The van der Waals surface area contributed by atoms with Crippen LogP contribution in [0.2, 0.25) is 0 Å². The molecule has 2 aliphatic rings. The van der Waals surface area contributed by atoms with Crippen LogP contribution in [0.5, 0.6) is 11.5 Å². The van der Waals surface area contributed by atoms with Gasteiger partial charge in [0.15, 0.2) is 11.4 Å². The van der Waals surface area contributed by atoms with E-state index in [1.807, 2.05) is 37.3 Å². The van der Waals surface area contributed by atoms with E-state index in [9.17, 15) is 22.8 Å². The maximum Gasteiger partial charge on any atom is 0.437 e. The van der Waals surface area contributed by atoms with Crippen molar-refractivity contribution in [1.29, 1.82) is 0 Å². The second kappa shape index (κ2) is 10.7. The van der Waals surface area contributed by atoms with Crippen LogP contribution in [0.25, 0.3) is 10.9 Å². The fraction of sp³-hybridized carbons (Fsp3) is 0.452. The van der Waals surface area contributed by atoms with Crippen LogP contribution in [0.3, 0.4) is 0 Å². The molecule has 0 bridgehead atoms. The van der Waals surface area contributed by atoms with Gasteiger partial charge in [-0.2, -0.15) is 13.2 Å². The minimum Gasteiger partial charge on any atom is -0.489 e. The molecule has 1 saturated heterocycles. The van der Waals surface area contributed by atoms with E-state index < -0.39 is 52.8 Å². The average Bonchev–Trinajstić information content (AvgIpc) is 3.28. The van der Waals surface area contributed by atoms with E-state index in [0.717, 1.165) is 5.56 Å². The van der Waals surface area contributed by atoms with Crippen LogP contribution in [0, 0.1) is 0 Å². The number of hydrogen-bond donors (Lipinski definition) is 0. The Bertz CT molecular complexity index is 1500. The Labute approximate surface area is 241 Å². The van der Waals surface area contributed by atoms with Crippen molar-refractivity contribution in [1.82, 2.24) is 9.88 Å². The Morgan fingerprint density at radius 3 is 2.45 bits per heavy atom. The summed E-state index contributed by atoms with van der Waals surface area (Å²) in [4.78, 5) is 31.0. The zero-order valence-corrected chi connectivity index (χ0v) is 24.1. The summed E-state index contributed by atoms with van der Waals surface area (Å²) in [6, 6.07) is 13.2. The predicted molar refractivity (Wildman–Crippen MR) is 147 cm³/mol. The summed E-state index contributed by atoms with van der Waals surface area (Å²) >= 11 is 0. The number of alkyl halides is 3. The van der Waals surface area contributed by atoms with Gasteiger partial charge in [-0.05, 0) is 56.9 Å². The van der Waals surface area contributed by atoms with Crippen LogP contribution in [-0.2, 0) is 27.1 Å². The lowest BCUT2D eigenvalue weighted by Gasteiger charge is -2.40. The number of likely N-dealkylation sites (tertiary alicyclic amines) is 1. The molecule has 1 fully saturated rings. The molecule has 0 N–H and O–H groups in total. The highest BCUT2D eigenvalue weighted by Gasteiger charge is 2.56. The minimum absolute atomic E-state index is 0.0573. The van der Waals surface area contributed by atoms with E-state index in [1.165, 1.54) is 18.1 Å². The first kappa shape index (κ1) is 29.5. The van der Waals surface area contributed by atoms with Gasteiger partial charge in [-0.15, -0.1) is 0 Å². The number of esters is 1. The topological polar surface area (TPSA) is 87.2 Å². The number of nitrogens with zero attached hydrogens (tertiary/aromatic N) is 2. The van der Waals surface area contributed by atoms with Crippen LogP contribution in [0.15, 0.2) is 48.5 Å². The van der Waals surface area contributed by atoms with Gasteiger partial charge in [0.1, 0.15) is 29.6 Å². The van der Waals surface area contributed by atoms with Crippen molar-refractivity contribution in [3.63, 3.8) is 0 Å². The first-order chi connectivity index (χ1) is 19.7. The summed E-state index contributed by atoms with van der Waals surface area (Å²) in [7, 11) is 1.19. The van der Waals surface area contributed by atoms with Crippen molar-refractivity contribution in [3.8, 4) is 11.5 Å². The SMILES string of the molecule is COC(=O)[C@@H]1CC2(CC(C)c3c(c(C(F)(F)F)nc4ccc(OCc5ccccc5)cc34)O2)CN1C(=O)OC(C)(C)C. The number of halogens is 3. The van der Waals surface area contributed by atoms with Gasteiger partial charge in [-0.3, -0.25) is 4.90 Å². The van der Waals surface area contributed by atoms with E-state index in [1.54, 1.807) is 32.9 Å². The summed E-state index contributed by atoms with van der Waals surface area (Å²) in [5.41, 5.74) is -1.84. The molecule has 0 radical (unpaired) electrons. The standard InChI is InChI=1S/C31H33F3N2O6/c1-18-14-30(15-23(27(37)39-5)36(17-30)28(38)42-29(2,3)4)41-25-24(18)21-13-20(40-16-19-9-7-6-8-10-19)11-12-22(21)35-26(25)31(32,33)34/h6-13,18,23H,14-17H2,1-5H3/t18?,23-,30?/m0/s1. The fourth-order valence-corrected chi connectivity index (χ4v) is 5.81. The zero-order chi connectivity index (χ0) is 30.4. The Balaban J connectivity index is 1.55. The monoisotopic (exact) mass is 586 g/mol. The molecule has 2 aromatic carbocycles. The van der Waals surface area contributed by atoms with Crippen LogP contribution in [0.1, 0.15) is 63.3 Å². The lowest BCUT2D eigenvalue weighted by molar-refractivity contribution is -0.146. The van der Waals surface area contributed by atoms with E-state index in [-0.39, 0.29) is 31.5 Å². The quantitative estimate of drug-likeness (QED) is 0.317. The summed E-state index contributed by atoms with van der Waals surface area (Å²) in [5, 5.41) is 0.484. The molecule has 3 atom stereocenters. The van der Waals surface area contributed by atoms with Crippen LogP contribution < -0.4 is 9.47 Å². The summed E-state index contributed by atoms with van der Waals surface area (Å²) in [5.74, 6) is -1.07. The highest BCUT2D eigenvalue weighted by atomic mass is 19.4. The number of rotatable bonds is 4. The molecule has 0 saturated carbocycles. The first-order valence-corrected chi connectivity index (χ1v) is 13.7. The third-order valence-corrected chi connectivity index (χ3v) is 7.46. The van der Waals surface area contributed by atoms with Gasteiger partial charge in [-0.1, -0.05) is 37.3 Å². The largest absolute Gasteiger partial charge is 0.489 e. The van der Waals surface area contributed by atoms with Crippen molar-refractivity contribution in [2.24, 2.45) is 0 Å². The van der Waals surface area contributed by atoms with E-state index >= 15 is 0 Å². The predicted octanol–water partition coefficient (Wildman–Crippen LogP) is 6.64. The molecule has 1 aromatic heterocycles. The molecule has 0 aliphatic carbocycles. The van der Waals surface area contributed by atoms with Crippen LogP contribution in [0.4, 0.5) is 18.0 Å². The number of carbonyl (C=O) groups is 2. The number of methoxy groups -OCH3 is 1. The number of carbonyl (C=O) groups excluding carboxylic acids is 2. The number of fused-ring (bicyclic) bond motifs is 3. The molecule has 11 heteroatoms. The van der Waals surface area contributed by atoms with Crippen molar-refractivity contribution >= 4 is 23.0 Å². The van der Waals surface area contributed by atoms with Crippen LogP contribution >= 0.6 is 0 Å². The average molecular weight is 587 g/mol. The Hall–Kier alpha value is -4.02. The van der Waals surface area contributed by atoms with Gasteiger partial charge in [0.25, 0.3) is 0 Å². The van der Waals surface area contributed by atoms with Crippen molar-refractivity contribution in [3.05, 3.63) is 65.4 Å². The van der Waals surface area contributed by atoms with Gasteiger partial charge in [0, 0.05) is 17.4 Å².